The molecule has 0 spiro atoms. The molecular weight excluding hydrogens is 110 g/mol. The molecule has 1 atom stereocenters. The first-order valence-electron chi connectivity index (χ1n) is 2.21. The molecule has 1 saturated heterocycles. The number of ether oxygens (including phenoxy) is 1. The molecule has 1 N–H and O–H groups in total. The molecule has 0 aromatic carbocycles. The summed E-state index contributed by atoms with van der Waals surface area (Å²) in [6.45, 7) is 0.169. The van der Waals surface area contributed by atoms with Gasteiger partial charge in [-0.05, 0) is 0 Å². The Bertz CT molecular complexity index is 122. The summed E-state index contributed by atoms with van der Waals surface area (Å²) < 4.78 is 4.38. The first-order chi connectivity index (χ1) is 3.83. The number of hydrogen-bond acceptors (Lipinski definition) is 3. The van der Waals surface area contributed by atoms with Crippen molar-refractivity contribution >= 4 is 12.4 Å². The maximum Gasteiger partial charge on any atom is 0.407 e. The van der Waals surface area contributed by atoms with Crippen LogP contribution < -0.4 is 5.32 Å². The maximum absolute atomic E-state index is 10.1. The molecule has 1 rings (SSSR count). The second-order valence-corrected chi connectivity index (χ2v) is 1.49. The van der Waals surface area contributed by atoms with E-state index in [1.807, 2.05) is 0 Å². The van der Waals surface area contributed by atoms with Crippen molar-refractivity contribution in [3.05, 3.63) is 0 Å². The van der Waals surface area contributed by atoms with Gasteiger partial charge in [-0.1, -0.05) is 0 Å². The molecule has 0 aromatic rings. The van der Waals surface area contributed by atoms with Gasteiger partial charge in [0, 0.05) is 0 Å². The molecule has 1 amide bonds. The van der Waals surface area contributed by atoms with E-state index in [4.69, 9.17) is 0 Å². The molecule has 4 heteroatoms. The lowest BCUT2D eigenvalue weighted by Crippen LogP contribution is -2.26. The molecule has 0 saturated carbocycles. The minimum absolute atomic E-state index is 0.169. The van der Waals surface area contributed by atoms with Crippen molar-refractivity contribution in [3.8, 4) is 0 Å². The van der Waals surface area contributed by atoms with E-state index >= 15 is 0 Å². The number of cyclic esters (lactones) is 1. The summed E-state index contributed by atoms with van der Waals surface area (Å²) in [4.78, 5) is 20.0. The van der Waals surface area contributed by atoms with E-state index in [2.05, 4.69) is 10.1 Å². The minimum Gasteiger partial charge on any atom is -0.447 e. The van der Waals surface area contributed by atoms with Gasteiger partial charge in [-0.15, -0.1) is 0 Å². The summed E-state index contributed by atoms with van der Waals surface area (Å²) in [6.07, 6.45) is 0.132. The van der Waals surface area contributed by atoms with Gasteiger partial charge in [0.2, 0.25) is 0 Å². The van der Waals surface area contributed by atoms with E-state index in [0.717, 1.165) is 0 Å². The van der Waals surface area contributed by atoms with Crippen LogP contribution in [-0.2, 0) is 9.53 Å². The van der Waals surface area contributed by atoms with E-state index in [9.17, 15) is 9.59 Å². The van der Waals surface area contributed by atoms with Crippen LogP contribution in [0.4, 0.5) is 4.79 Å². The van der Waals surface area contributed by atoms with Crippen LogP contribution in [0.2, 0.25) is 0 Å². The van der Waals surface area contributed by atoms with Crippen LogP contribution in [0.1, 0.15) is 0 Å². The standard InChI is InChI=1S/C4H5NO3/c6-1-3-2-8-4(7)5-3/h1,3H,2H2,(H,5,7). The zero-order valence-corrected chi connectivity index (χ0v) is 4.09. The van der Waals surface area contributed by atoms with E-state index in [0.29, 0.717) is 6.29 Å². The van der Waals surface area contributed by atoms with E-state index in [1.54, 1.807) is 0 Å². The predicted molar refractivity (Wildman–Crippen MR) is 24.3 cm³/mol. The van der Waals surface area contributed by atoms with Gasteiger partial charge in [0.15, 0.2) is 0 Å². The number of alkyl carbamates (subject to hydrolysis) is 1. The van der Waals surface area contributed by atoms with Crippen molar-refractivity contribution < 1.29 is 14.3 Å². The molecule has 1 unspecified atom stereocenters. The Hall–Kier alpha value is -1.06. The van der Waals surface area contributed by atoms with Crippen molar-refractivity contribution in [3.63, 3.8) is 0 Å². The van der Waals surface area contributed by atoms with Gasteiger partial charge in [0.05, 0.1) is 0 Å². The Morgan fingerprint density at radius 2 is 2.62 bits per heavy atom. The summed E-state index contributed by atoms with van der Waals surface area (Å²) in [5, 5.41) is 2.27. The van der Waals surface area contributed by atoms with Crippen molar-refractivity contribution in [2.75, 3.05) is 6.61 Å². The van der Waals surface area contributed by atoms with Crippen LogP contribution >= 0.6 is 0 Å². The molecule has 8 heavy (non-hydrogen) atoms. The molecule has 1 aliphatic heterocycles. The summed E-state index contributed by atoms with van der Waals surface area (Å²) in [6, 6.07) is -0.428. The Balaban J connectivity index is 2.43. The van der Waals surface area contributed by atoms with Gasteiger partial charge in [-0.25, -0.2) is 4.79 Å². The summed E-state index contributed by atoms with van der Waals surface area (Å²) in [7, 11) is 0. The quantitative estimate of drug-likeness (QED) is 0.459. The number of carbonyl (C=O) groups excluding carboxylic acids is 2. The fourth-order valence-corrected chi connectivity index (χ4v) is 0.473. The highest BCUT2D eigenvalue weighted by molar-refractivity contribution is 5.76. The Morgan fingerprint density at radius 1 is 1.88 bits per heavy atom. The SMILES string of the molecule is O=CC1COC(=O)N1. The molecule has 0 aliphatic carbocycles. The highest BCUT2D eigenvalue weighted by atomic mass is 16.6. The molecule has 0 radical (unpaired) electrons. The zero-order valence-electron chi connectivity index (χ0n) is 4.09. The summed E-state index contributed by atoms with van der Waals surface area (Å²) in [5.41, 5.74) is 0. The molecular formula is C4H5NO3. The maximum atomic E-state index is 10.1. The average molecular weight is 115 g/mol. The van der Waals surface area contributed by atoms with Crippen LogP contribution in [0.3, 0.4) is 0 Å². The largest absolute Gasteiger partial charge is 0.447 e. The number of amides is 1. The Kier molecular flexibility index (Phi) is 1.15. The van der Waals surface area contributed by atoms with E-state index < -0.39 is 12.1 Å². The predicted octanol–water partition coefficient (Wildman–Crippen LogP) is -0.706. The smallest absolute Gasteiger partial charge is 0.407 e. The molecule has 0 aromatic heterocycles. The van der Waals surface area contributed by atoms with E-state index in [1.165, 1.54) is 0 Å². The number of nitrogens with one attached hydrogen (secondary N) is 1. The molecule has 4 nitrogen and oxygen atoms in total. The van der Waals surface area contributed by atoms with Crippen LogP contribution in [0.15, 0.2) is 0 Å². The van der Waals surface area contributed by atoms with Gasteiger partial charge in [0.1, 0.15) is 18.9 Å². The average Bonchev–Trinajstić information content (AvgIpc) is 2.14. The lowest BCUT2D eigenvalue weighted by Gasteiger charge is -1.89. The van der Waals surface area contributed by atoms with Crippen LogP contribution in [0.5, 0.6) is 0 Å². The minimum atomic E-state index is -0.512. The number of carbonyl (C=O) groups is 2. The van der Waals surface area contributed by atoms with Gasteiger partial charge < -0.3 is 14.8 Å². The normalized spacial score (nSPS) is 26.5. The van der Waals surface area contributed by atoms with Gasteiger partial charge in [-0.2, -0.15) is 0 Å². The van der Waals surface area contributed by atoms with Crippen molar-refractivity contribution in [1.29, 1.82) is 0 Å². The number of hydrogen-bond donors (Lipinski definition) is 1. The van der Waals surface area contributed by atoms with Gasteiger partial charge in [-0.3, -0.25) is 0 Å². The Labute approximate surface area is 45.8 Å². The number of aldehydes is 1. The fraction of sp³-hybridized carbons (Fsp3) is 0.500. The molecule has 1 fully saturated rings. The van der Waals surface area contributed by atoms with Crippen LogP contribution in [0.25, 0.3) is 0 Å². The highest BCUT2D eigenvalue weighted by Crippen LogP contribution is 1.92. The molecule has 44 valence electrons. The molecule has 1 aliphatic rings. The third-order valence-corrected chi connectivity index (χ3v) is 0.861. The van der Waals surface area contributed by atoms with Crippen LogP contribution in [0, 0.1) is 0 Å². The van der Waals surface area contributed by atoms with Crippen LogP contribution in [-0.4, -0.2) is 25.0 Å². The molecule has 0 bridgehead atoms. The topological polar surface area (TPSA) is 55.4 Å². The lowest BCUT2D eigenvalue weighted by molar-refractivity contribution is -0.109. The first-order valence-corrected chi connectivity index (χ1v) is 2.21. The number of rotatable bonds is 1. The van der Waals surface area contributed by atoms with E-state index in [-0.39, 0.29) is 6.61 Å². The van der Waals surface area contributed by atoms with Gasteiger partial charge >= 0.3 is 6.09 Å². The Morgan fingerprint density at radius 3 is 2.88 bits per heavy atom. The zero-order chi connectivity index (χ0) is 5.98. The van der Waals surface area contributed by atoms with Crippen molar-refractivity contribution in [2.45, 2.75) is 6.04 Å². The summed E-state index contributed by atoms with van der Waals surface area (Å²) >= 11 is 0. The molecule has 1 heterocycles. The second kappa shape index (κ2) is 1.81. The second-order valence-electron chi connectivity index (χ2n) is 1.49. The van der Waals surface area contributed by atoms with Gasteiger partial charge in [0.25, 0.3) is 0 Å². The fourth-order valence-electron chi connectivity index (χ4n) is 0.473. The van der Waals surface area contributed by atoms with Crippen molar-refractivity contribution in [2.24, 2.45) is 0 Å². The summed E-state index contributed by atoms with van der Waals surface area (Å²) in [5.74, 6) is 0. The highest BCUT2D eigenvalue weighted by Gasteiger charge is 2.20. The first kappa shape index (κ1) is 5.08. The monoisotopic (exact) mass is 115 g/mol. The third kappa shape index (κ3) is 0.776. The van der Waals surface area contributed by atoms with Crippen molar-refractivity contribution in [1.82, 2.24) is 5.32 Å². The third-order valence-electron chi connectivity index (χ3n) is 0.861. The lowest BCUT2D eigenvalue weighted by atomic mass is 10.4.